The highest BCUT2D eigenvalue weighted by Gasteiger charge is 2.53. The van der Waals surface area contributed by atoms with Gasteiger partial charge in [0, 0.05) is 19.0 Å². The van der Waals surface area contributed by atoms with Crippen molar-refractivity contribution in [2.45, 2.75) is 58.9 Å². The summed E-state index contributed by atoms with van der Waals surface area (Å²) in [6.45, 7) is 8.90. The van der Waals surface area contributed by atoms with Crippen molar-refractivity contribution in [1.29, 1.82) is 0 Å². The van der Waals surface area contributed by atoms with E-state index in [1.165, 1.54) is 31.5 Å². The van der Waals surface area contributed by atoms with Gasteiger partial charge in [0.2, 0.25) is 0 Å². The smallest absolute Gasteiger partial charge is 0.138 e. The van der Waals surface area contributed by atoms with E-state index in [4.69, 9.17) is 0 Å². The summed E-state index contributed by atoms with van der Waals surface area (Å²) in [5.41, 5.74) is 0.433. The molecule has 2 saturated carbocycles. The first-order valence-electron chi connectivity index (χ1n) is 8.22. The van der Waals surface area contributed by atoms with E-state index >= 15 is 0 Å². The van der Waals surface area contributed by atoms with Gasteiger partial charge in [-0.2, -0.15) is 5.10 Å². The first kappa shape index (κ1) is 14.1. The maximum atomic E-state index is 4.54. The van der Waals surface area contributed by atoms with Crippen molar-refractivity contribution < 1.29 is 0 Å². The molecule has 1 heterocycles. The number of nitrogens with one attached hydrogen (secondary N) is 1. The second kappa shape index (κ2) is 5.47. The molecule has 112 valence electrons. The van der Waals surface area contributed by atoms with Crippen LogP contribution in [0.1, 0.15) is 58.3 Å². The van der Waals surface area contributed by atoms with Crippen molar-refractivity contribution in [2.24, 2.45) is 17.3 Å². The molecular weight excluding hydrogens is 248 g/mol. The van der Waals surface area contributed by atoms with Crippen LogP contribution >= 0.6 is 0 Å². The number of hydrogen-bond donors (Lipinski definition) is 1. The molecule has 0 aliphatic heterocycles. The first-order valence-corrected chi connectivity index (χ1v) is 8.22. The van der Waals surface area contributed by atoms with Crippen molar-refractivity contribution in [2.75, 3.05) is 13.1 Å². The van der Waals surface area contributed by atoms with Gasteiger partial charge in [0.1, 0.15) is 12.2 Å². The van der Waals surface area contributed by atoms with Crippen molar-refractivity contribution in [3.05, 3.63) is 12.2 Å². The van der Waals surface area contributed by atoms with Gasteiger partial charge in [0.25, 0.3) is 0 Å². The summed E-state index contributed by atoms with van der Waals surface area (Å²) in [5.74, 6) is 3.20. The highest BCUT2D eigenvalue weighted by Crippen LogP contribution is 2.60. The molecule has 3 rings (SSSR count). The van der Waals surface area contributed by atoms with E-state index in [1.807, 2.05) is 0 Å². The molecule has 0 radical (unpaired) electrons. The Labute approximate surface area is 122 Å². The molecule has 0 saturated heterocycles. The molecule has 4 nitrogen and oxygen atoms in total. The molecule has 0 bridgehead atoms. The molecule has 1 aromatic heterocycles. The topological polar surface area (TPSA) is 42.7 Å². The summed E-state index contributed by atoms with van der Waals surface area (Å²) in [5, 5.41) is 8.06. The quantitative estimate of drug-likeness (QED) is 0.779. The van der Waals surface area contributed by atoms with Crippen molar-refractivity contribution in [1.82, 2.24) is 20.1 Å². The SMILES string of the molecule is CCCNCC1(Cc2ncnn2C(C)C)CC2CC2C1. The van der Waals surface area contributed by atoms with E-state index in [1.54, 1.807) is 6.33 Å². The molecule has 2 fully saturated rings. The molecular formula is C16H28N4. The van der Waals surface area contributed by atoms with Crippen LogP contribution in [0.25, 0.3) is 0 Å². The molecule has 2 atom stereocenters. The lowest BCUT2D eigenvalue weighted by molar-refractivity contribution is 0.238. The van der Waals surface area contributed by atoms with E-state index in [-0.39, 0.29) is 0 Å². The van der Waals surface area contributed by atoms with E-state index < -0.39 is 0 Å². The minimum Gasteiger partial charge on any atom is -0.316 e. The highest BCUT2D eigenvalue weighted by molar-refractivity contribution is 5.08. The molecule has 0 spiro atoms. The predicted molar refractivity (Wildman–Crippen MR) is 80.5 cm³/mol. The molecule has 4 heteroatoms. The Morgan fingerprint density at radius 3 is 2.80 bits per heavy atom. The number of fused-ring (bicyclic) bond motifs is 1. The van der Waals surface area contributed by atoms with Crippen molar-refractivity contribution in [3.63, 3.8) is 0 Å². The third kappa shape index (κ3) is 2.76. The minimum absolute atomic E-state index is 0.407. The predicted octanol–water partition coefficient (Wildman–Crippen LogP) is 2.82. The summed E-state index contributed by atoms with van der Waals surface area (Å²) in [6, 6.07) is 0.407. The molecule has 0 aromatic carbocycles. The lowest BCUT2D eigenvalue weighted by Gasteiger charge is -2.31. The van der Waals surface area contributed by atoms with Crippen LogP contribution in [-0.2, 0) is 6.42 Å². The van der Waals surface area contributed by atoms with Gasteiger partial charge in [-0.05, 0) is 63.3 Å². The second-order valence-corrected chi connectivity index (χ2v) is 7.23. The Balaban J connectivity index is 1.71. The van der Waals surface area contributed by atoms with Crippen LogP contribution in [0, 0.1) is 17.3 Å². The van der Waals surface area contributed by atoms with Gasteiger partial charge in [-0.1, -0.05) is 6.92 Å². The Morgan fingerprint density at radius 2 is 2.15 bits per heavy atom. The van der Waals surface area contributed by atoms with Crippen LogP contribution in [0.5, 0.6) is 0 Å². The average Bonchev–Trinajstić information content (AvgIpc) is 2.85. The molecule has 20 heavy (non-hydrogen) atoms. The molecule has 1 N–H and O–H groups in total. The number of nitrogens with zero attached hydrogens (tertiary/aromatic N) is 3. The van der Waals surface area contributed by atoms with Gasteiger partial charge in [0.05, 0.1) is 0 Å². The normalized spacial score (nSPS) is 31.8. The number of aromatic nitrogens is 3. The Morgan fingerprint density at radius 1 is 1.40 bits per heavy atom. The number of rotatable bonds is 7. The largest absolute Gasteiger partial charge is 0.316 e. The van der Waals surface area contributed by atoms with E-state index in [2.05, 4.69) is 40.9 Å². The highest BCUT2D eigenvalue weighted by atomic mass is 15.3. The van der Waals surface area contributed by atoms with Crippen LogP contribution in [0.2, 0.25) is 0 Å². The van der Waals surface area contributed by atoms with Crippen LogP contribution < -0.4 is 5.32 Å². The molecule has 0 amide bonds. The minimum atomic E-state index is 0.407. The van der Waals surface area contributed by atoms with Gasteiger partial charge in [-0.15, -0.1) is 0 Å². The number of hydrogen-bond acceptors (Lipinski definition) is 3. The standard InChI is InChI=1S/C16H28N4/c1-4-5-17-10-16(7-13-6-14(13)8-16)9-15-18-11-19-20(15)12(2)3/h11-14,17H,4-10H2,1-3H3. The lowest BCUT2D eigenvalue weighted by Crippen LogP contribution is -2.36. The van der Waals surface area contributed by atoms with Gasteiger partial charge < -0.3 is 5.32 Å². The monoisotopic (exact) mass is 276 g/mol. The summed E-state index contributed by atoms with van der Waals surface area (Å²) in [6.07, 6.45) is 8.28. The Hall–Kier alpha value is -0.900. The van der Waals surface area contributed by atoms with Crippen molar-refractivity contribution >= 4 is 0 Å². The molecule has 2 unspecified atom stereocenters. The maximum absolute atomic E-state index is 4.54. The van der Waals surface area contributed by atoms with Crippen LogP contribution in [0.4, 0.5) is 0 Å². The zero-order chi connectivity index (χ0) is 14.2. The van der Waals surface area contributed by atoms with Crippen LogP contribution in [0.15, 0.2) is 6.33 Å². The molecule has 1 aromatic rings. The zero-order valence-corrected chi connectivity index (χ0v) is 13.1. The Bertz CT molecular complexity index is 441. The fourth-order valence-corrected chi connectivity index (χ4v) is 4.05. The third-order valence-electron chi connectivity index (χ3n) is 5.06. The van der Waals surface area contributed by atoms with Crippen LogP contribution in [0.3, 0.4) is 0 Å². The third-order valence-corrected chi connectivity index (χ3v) is 5.06. The van der Waals surface area contributed by atoms with Gasteiger partial charge >= 0.3 is 0 Å². The fourth-order valence-electron chi connectivity index (χ4n) is 4.05. The summed E-state index contributed by atoms with van der Waals surface area (Å²) < 4.78 is 2.10. The zero-order valence-electron chi connectivity index (χ0n) is 13.1. The summed E-state index contributed by atoms with van der Waals surface area (Å²) in [7, 11) is 0. The van der Waals surface area contributed by atoms with E-state index in [0.717, 1.165) is 31.3 Å². The van der Waals surface area contributed by atoms with Gasteiger partial charge in [0.15, 0.2) is 0 Å². The lowest BCUT2D eigenvalue weighted by atomic mass is 9.79. The van der Waals surface area contributed by atoms with E-state index in [0.29, 0.717) is 11.5 Å². The fraction of sp³-hybridized carbons (Fsp3) is 0.875. The molecule has 2 aliphatic rings. The molecule has 2 aliphatic carbocycles. The summed E-state index contributed by atoms with van der Waals surface area (Å²) >= 11 is 0. The summed E-state index contributed by atoms with van der Waals surface area (Å²) in [4.78, 5) is 4.54. The van der Waals surface area contributed by atoms with Gasteiger partial charge in [-0.25, -0.2) is 9.67 Å². The average molecular weight is 276 g/mol. The van der Waals surface area contributed by atoms with Gasteiger partial charge in [-0.3, -0.25) is 0 Å². The van der Waals surface area contributed by atoms with E-state index in [9.17, 15) is 0 Å². The second-order valence-electron chi connectivity index (χ2n) is 7.23. The first-order chi connectivity index (χ1) is 9.63. The Kier molecular flexibility index (Phi) is 3.85. The maximum Gasteiger partial charge on any atom is 0.138 e. The van der Waals surface area contributed by atoms with Crippen molar-refractivity contribution in [3.8, 4) is 0 Å². The van der Waals surface area contributed by atoms with Crippen LogP contribution in [-0.4, -0.2) is 27.9 Å².